The van der Waals surface area contributed by atoms with Crippen molar-refractivity contribution in [3.05, 3.63) is 59.2 Å². The third-order valence-electron chi connectivity index (χ3n) is 6.46. The number of benzene rings is 2. The first kappa shape index (κ1) is 32.7. The van der Waals surface area contributed by atoms with Crippen LogP contribution in [-0.4, -0.2) is 47.1 Å². The number of hydrogen-bond acceptors (Lipinski definition) is 5. The van der Waals surface area contributed by atoms with Crippen molar-refractivity contribution in [3.8, 4) is 5.75 Å². The average molecular weight is 554 g/mol. The van der Waals surface area contributed by atoms with E-state index in [0.29, 0.717) is 17.9 Å². The lowest BCUT2D eigenvalue weighted by Gasteiger charge is -2.43. The van der Waals surface area contributed by atoms with Gasteiger partial charge in [0.05, 0.1) is 7.11 Å². The third-order valence-corrected chi connectivity index (χ3v) is 6.46. The molecule has 0 bridgehead atoms. The second kappa shape index (κ2) is 13.2. The number of rotatable bonds is 9. The van der Waals surface area contributed by atoms with Gasteiger partial charge in [-0.25, -0.2) is 4.79 Å². The van der Waals surface area contributed by atoms with Crippen molar-refractivity contribution in [2.24, 2.45) is 5.92 Å². The second-order valence-electron chi connectivity index (χ2n) is 12.6. The Labute approximate surface area is 239 Å². The molecule has 0 aliphatic carbocycles. The molecule has 0 radical (unpaired) electrons. The fourth-order valence-corrected chi connectivity index (χ4v) is 4.51. The van der Waals surface area contributed by atoms with Crippen molar-refractivity contribution in [1.82, 2.24) is 10.2 Å². The van der Waals surface area contributed by atoms with Crippen molar-refractivity contribution < 1.29 is 23.9 Å². The Morgan fingerprint density at radius 3 is 2.02 bits per heavy atom. The summed E-state index contributed by atoms with van der Waals surface area (Å²) in [5.74, 6) is 0.0452. The number of ether oxygens (including phenoxy) is 2. The van der Waals surface area contributed by atoms with Crippen LogP contribution in [0.15, 0.2) is 42.5 Å². The lowest BCUT2D eigenvalue weighted by atomic mass is 9.90. The van der Waals surface area contributed by atoms with E-state index in [1.807, 2.05) is 66.7 Å². The van der Waals surface area contributed by atoms with Gasteiger partial charge in [0, 0.05) is 11.2 Å². The highest BCUT2D eigenvalue weighted by molar-refractivity contribution is 5.99. The van der Waals surface area contributed by atoms with Gasteiger partial charge >= 0.3 is 6.09 Å². The molecule has 2 aromatic rings. The van der Waals surface area contributed by atoms with Crippen molar-refractivity contribution in [2.45, 2.75) is 98.9 Å². The third kappa shape index (κ3) is 9.00. The van der Waals surface area contributed by atoms with E-state index in [1.54, 1.807) is 57.0 Å². The topological polar surface area (TPSA) is 97.0 Å². The van der Waals surface area contributed by atoms with Crippen molar-refractivity contribution in [2.75, 3.05) is 12.4 Å². The maximum atomic E-state index is 14.4. The zero-order chi connectivity index (χ0) is 30.4. The number of alkyl carbamates (subject to hydrolysis) is 1. The summed E-state index contributed by atoms with van der Waals surface area (Å²) in [5, 5.41) is 5.79. The van der Waals surface area contributed by atoms with E-state index >= 15 is 0 Å². The molecule has 40 heavy (non-hydrogen) atoms. The first-order chi connectivity index (χ1) is 18.4. The maximum absolute atomic E-state index is 14.4. The summed E-state index contributed by atoms with van der Waals surface area (Å²) in [7, 11) is 1.58. The molecule has 0 heterocycles. The number of anilines is 1. The molecule has 0 aliphatic rings. The number of carbonyl (C=O) groups is 3. The van der Waals surface area contributed by atoms with Crippen LogP contribution in [0.1, 0.15) is 84.5 Å². The Bertz CT molecular complexity index is 1180. The molecule has 0 fully saturated rings. The zero-order valence-corrected chi connectivity index (χ0v) is 26.0. The number of nitrogens with one attached hydrogen (secondary N) is 2. The van der Waals surface area contributed by atoms with Gasteiger partial charge in [0.1, 0.15) is 23.4 Å². The largest absolute Gasteiger partial charge is 0.497 e. The van der Waals surface area contributed by atoms with Gasteiger partial charge in [-0.1, -0.05) is 32.0 Å². The van der Waals surface area contributed by atoms with Crippen LogP contribution in [0.25, 0.3) is 0 Å². The summed E-state index contributed by atoms with van der Waals surface area (Å²) < 4.78 is 10.7. The van der Waals surface area contributed by atoms with Crippen LogP contribution in [0.4, 0.5) is 10.5 Å². The number of amides is 3. The van der Waals surface area contributed by atoms with Crippen molar-refractivity contribution >= 4 is 23.6 Å². The van der Waals surface area contributed by atoms with Crippen LogP contribution in [-0.2, 0) is 14.3 Å². The van der Waals surface area contributed by atoms with Gasteiger partial charge in [0.2, 0.25) is 5.91 Å². The second-order valence-corrected chi connectivity index (χ2v) is 12.6. The van der Waals surface area contributed by atoms with Gasteiger partial charge in [-0.3, -0.25) is 9.59 Å². The van der Waals surface area contributed by atoms with E-state index in [0.717, 1.165) is 16.7 Å². The molecule has 2 unspecified atom stereocenters. The molecule has 220 valence electrons. The van der Waals surface area contributed by atoms with Crippen LogP contribution in [0.5, 0.6) is 5.75 Å². The molecular formula is C32H47N3O5. The van der Waals surface area contributed by atoms with E-state index in [1.165, 1.54) is 0 Å². The van der Waals surface area contributed by atoms with Gasteiger partial charge in [-0.2, -0.15) is 0 Å². The lowest BCUT2D eigenvalue weighted by molar-refractivity contribution is -0.147. The highest BCUT2D eigenvalue weighted by atomic mass is 16.6. The van der Waals surface area contributed by atoms with Gasteiger partial charge in [-0.15, -0.1) is 0 Å². The minimum absolute atomic E-state index is 0.0954. The van der Waals surface area contributed by atoms with E-state index < -0.39 is 29.3 Å². The summed E-state index contributed by atoms with van der Waals surface area (Å²) in [4.78, 5) is 43.0. The Hall–Kier alpha value is -3.55. The number of methoxy groups -OCH3 is 1. The summed E-state index contributed by atoms with van der Waals surface area (Å²) in [6, 6.07) is 10.9. The Balaban J connectivity index is 2.63. The molecule has 0 aromatic heterocycles. The molecule has 2 N–H and O–H groups in total. The molecule has 3 amide bonds. The Morgan fingerprint density at radius 1 is 0.925 bits per heavy atom. The van der Waals surface area contributed by atoms with E-state index in [-0.39, 0.29) is 17.7 Å². The Morgan fingerprint density at radius 2 is 1.52 bits per heavy atom. The summed E-state index contributed by atoms with van der Waals surface area (Å²) in [6.07, 6.45) is -0.295. The number of aryl methyl sites for hydroxylation is 1. The molecule has 8 heteroatoms. The molecule has 0 aliphatic heterocycles. The molecule has 2 aromatic carbocycles. The SMILES string of the molecule is COc1ccc(NC(=O)C(c2cccc(C)c2C)N(C(=O)C(CC(C)C)NC(=O)OC(C)(C)C)C(C)(C)C)cc1. The molecular weight excluding hydrogens is 506 g/mol. The van der Waals surface area contributed by atoms with E-state index in [4.69, 9.17) is 9.47 Å². The maximum Gasteiger partial charge on any atom is 0.408 e. The normalized spacial score (nSPS) is 13.3. The standard InChI is InChI=1S/C32H47N3O5/c1-20(2)19-26(34-30(38)40-32(8,9)10)29(37)35(31(5,6)7)27(25-14-12-13-21(3)22(25)4)28(36)33-23-15-17-24(39-11)18-16-23/h12-18,20,26-27H,19H2,1-11H3,(H,33,36)(H,34,38). The highest BCUT2D eigenvalue weighted by Crippen LogP contribution is 2.34. The first-order valence-electron chi connectivity index (χ1n) is 13.8. The lowest BCUT2D eigenvalue weighted by Crippen LogP contribution is -2.58. The minimum atomic E-state index is -0.968. The molecule has 2 rings (SSSR count). The predicted octanol–water partition coefficient (Wildman–Crippen LogP) is 6.56. The van der Waals surface area contributed by atoms with E-state index in [2.05, 4.69) is 10.6 Å². The predicted molar refractivity (Wildman–Crippen MR) is 159 cm³/mol. The molecule has 8 nitrogen and oxygen atoms in total. The molecule has 2 atom stereocenters. The summed E-state index contributed by atoms with van der Waals surface area (Å²) in [5.41, 5.74) is 1.72. The number of nitrogens with zero attached hydrogens (tertiary/aromatic N) is 1. The van der Waals surface area contributed by atoms with Gasteiger partial charge < -0.3 is 25.0 Å². The fourth-order valence-electron chi connectivity index (χ4n) is 4.51. The highest BCUT2D eigenvalue weighted by Gasteiger charge is 2.42. The summed E-state index contributed by atoms with van der Waals surface area (Å²) in [6.45, 7) is 18.9. The van der Waals surface area contributed by atoms with Crippen molar-refractivity contribution in [3.63, 3.8) is 0 Å². The molecule has 0 saturated carbocycles. The van der Waals surface area contributed by atoms with Crippen LogP contribution in [0.3, 0.4) is 0 Å². The molecule has 0 spiro atoms. The van der Waals surface area contributed by atoms with Crippen LogP contribution >= 0.6 is 0 Å². The van der Waals surface area contributed by atoms with Crippen LogP contribution in [0.2, 0.25) is 0 Å². The Kier molecular flexibility index (Phi) is 10.8. The monoisotopic (exact) mass is 553 g/mol. The first-order valence-corrected chi connectivity index (χ1v) is 13.8. The van der Waals surface area contributed by atoms with Gasteiger partial charge in [-0.05, 0) is 109 Å². The number of carbonyl (C=O) groups excluding carboxylic acids is 3. The molecule has 0 saturated heterocycles. The minimum Gasteiger partial charge on any atom is -0.497 e. The fraction of sp³-hybridized carbons (Fsp3) is 0.531. The van der Waals surface area contributed by atoms with Crippen LogP contribution < -0.4 is 15.4 Å². The number of hydrogen-bond donors (Lipinski definition) is 2. The van der Waals surface area contributed by atoms with Gasteiger partial charge in [0.25, 0.3) is 5.91 Å². The quantitative estimate of drug-likeness (QED) is 0.367. The zero-order valence-electron chi connectivity index (χ0n) is 26.0. The van der Waals surface area contributed by atoms with E-state index in [9.17, 15) is 14.4 Å². The smallest absolute Gasteiger partial charge is 0.408 e. The van der Waals surface area contributed by atoms with Crippen LogP contribution in [0, 0.1) is 19.8 Å². The average Bonchev–Trinajstić information content (AvgIpc) is 2.82. The van der Waals surface area contributed by atoms with Gasteiger partial charge in [0.15, 0.2) is 0 Å². The summed E-state index contributed by atoms with van der Waals surface area (Å²) >= 11 is 0. The van der Waals surface area contributed by atoms with Crippen molar-refractivity contribution in [1.29, 1.82) is 0 Å².